The number of hydrogen-bond donors (Lipinski definition) is 1. The molecule has 32 heavy (non-hydrogen) atoms. The molecule has 0 aliphatic heterocycles. The summed E-state index contributed by atoms with van der Waals surface area (Å²) in [6.07, 6.45) is 0. The molecule has 0 aliphatic carbocycles. The maximum atomic E-state index is 6.13. The van der Waals surface area contributed by atoms with Gasteiger partial charge in [0.1, 0.15) is 0 Å². The van der Waals surface area contributed by atoms with Gasteiger partial charge in [-0.15, -0.1) is 0 Å². The summed E-state index contributed by atoms with van der Waals surface area (Å²) in [5.41, 5.74) is 14.9. The molecule has 0 amide bonds. The summed E-state index contributed by atoms with van der Waals surface area (Å²) < 4.78 is 0. The van der Waals surface area contributed by atoms with Crippen LogP contribution < -0.4 is 10.6 Å². The highest BCUT2D eigenvalue weighted by Crippen LogP contribution is 2.37. The quantitative estimate of drug-likeness (QED) is 0.296. The molecule has 2 N–H and O–H groups in total. The van der Waals surface area contributed by atoms with Crippen LogP contribution in [0.3, 0.4) is 0 Å². The molecule has 0 aliphatic rings. The molecule has 0 atom stereocenters. The molecule has 0 radical (unpaired) electrons. The second-order valence-corrected chi connectivity index (χ2v) is 7.76. The van der Waals surface area contributed by atoms with Gasteiger partial charge in [-0.3, -0.25) is 0 Å². The summed E-state index contributed by atoms with van der Waals surface area (Å²) in [4.78, 5) is 2.24. The first-order chi connectivity index (χ1) is 15.8. The van der Waals surface area contributed by atoms with Crippen LogP contribution in [-0.2, 0) is 0 Å². The maximum Gasteiger partial charge on any atom is 0.0482 e. The molecule has 0 unspecified atom stereocenters. The Labute approximate surface area is 189 Å². The summed E-state index contributed by atoms with van der Waals surface area (Å²) in [6, 6.07) is 46.2. The van der Waals surface area contributed by atoms with E-state index in [0.29, 0.717) is 0 Å². The first-order valence-corrected chi connectivity index (χ1v) is 10.7. The molecule has 5 aromatic carbocycles. The van der Waals surface area contributed by atoms with Gasteiger partial charge in [-0.1, -0.05) is 91.0 Å². The van der Waals surface area contributed by atoms with Crippen molar-refractivity contribution < 1.29 is 0 Å². The minimum Gasteiger partial charge on any atom is -0.399 e. The van der Waals surface area contributed by atoms with Gasteiger partial charge in [0, 0.05) is 22.7 Å². The molecule has 2 heteroatoms. The van der Waals surface area contributed by atoms with E-state index in [4.69, 9.17) is 5.73 Å². The smallest absolute Gasteiger partial charge is 0.0482 e. The van der Waals surface area contributed by atoms with Gasteiger partial charge in [-0.05, 0) is 64.7 Å². The van der Waals surface area contributed by atoms with Crippen molar-refractivity contribution in [1.82, 2.24) is 0 Å². The van der Waals surface area contributed by atoms with Gasteiger partial charge >= 0.3 is 0 Å². The number of nitrogens with zero attached hydrogens (tertiary/aromatic N) is 1. The van der Waals surface area contributed by atoms with Gasteiger partial charge in [-0.2, -0.15) is 0 Å². The number of nitrogen functional groups attached to an aromatic ring is 1. The molecule has 154 valence electrons. The van der Waals surface area contributed by atoms with Gasteiger partial charge in [0.15, 0.2) is 0 Å². The lowest BCUT2D eigenvalue weighted by molar-refractivity contribution is 1.28. The van der Waals surface area contributed by atoms with Crippen molar-refractivity contribution in [3.63, 3.8) is 0 Å². The number of benzene rings is 5. The Kier molecular flexibility index (Phi) is 5.42. The summed E-state index contributed by atoms with van der Waals surface area (Å²) in [5, 5.41) is 0. The standard InChI is InChI=1S/C30H24N2/c31-27-12-7-13-30(22-27)32(28-18-14-25(15-19-28)23-8-3-1-4-9-23)29-20-16-26(17-21-29)24-10-5-2-6-11-24/h1-22H,31H2. The molecule has 5 rings (SSSR count). The van der Waals surface area contributed by atoms with E-state index in [2.05, 4.69) is 108 Å². The van der Waals surface area contributed by atoms with E-state index in [9.17, 15) is 0 Å². The van der Waals surface area contributed by atoms with Crippen molar-refractivity contribution in [2.75, 3.05) is 10.6 Å². The number of rotatable bonds is 5. The topological polar surface area (TPSA) is 29.3 Å². The third-order valence-corrected chi connectivity index (χ3v) is 5.59. The average molecular weight is 413 g/mol. The molecule has 0 spiro atoms. The Hall–Kier alpha value is -4.30. The van der Waals surface area contributed by atoms with Crippen LogP contribution in [-0.4, -0.2) is 0 Å². The summed E-state index contributed by atoms with van der Waals surface area (Å²) >= 11 is 0. The zero-order valence-corrected chi connectivity index (χ0v) is 17.7. The van der Waals surface area contributed by atoms with Crippen LogP contribution in [0.25, 0.3) is 22.3 Å². The Morgan fingerprint density at radius 2 is 0.812 bits per heavy atom. The zero-order chi connectivity index (χ0) is 21.8. The maximum absolute atomic E-state index is 6.13. The lowest BCUT2D eigenvalue weighted by atomic mass is 10.0. The van der Waals surface area contributed by atoms with Gasteiger partial charge in [0.2, 0.25) is 0 Å². The first kappa shape index (κ1) is 19.7. The van der Waals surface area contributed by atoms with Crippen molar-refractivity contribution in [2.45, 2.75) is 0 Å². The molecule has 0 fully saturated rings. The fourth-order valence-electron chi connectivity index (χ4n) is 3.98. The van der Waals surface area contributed by atoms with Gasteiger partial charge in [-0.25, -0.2) is 0 Å². The Balaban J connectivity index is 1.54. The monoisotopic (exact) mass is 412 g/mol. The largest absolute Gasteiger partial charge is 0.399 e. The van der Waals surface area contributed by atoms with Gasteiger partial charge < -0.3 is 10.6 Å². The van der Waals surface area contributed by atoms with Crippen molar-refractivity contribution in [3.05, 3.63) is 133 Å². The Morgan fingerprint density at radius 1 is 0.375 bits per heavy atom. The number of nitrogens with two attached hydrogens (primary N) is 1. The summed E-state index contributed by atoms with van der Waals surface area (Å²) in [6.45, 7) is 0. The second kappa shape index (κ2) is 8.83. The van der Waals surface area contributed by atoms with E-state index >= 15 is 0 Å². The highest BCUT2D eigenvalue weighted by Gasteiger charge is 2.13. The molecule has 0 saturated carbocycles. The SMILES string of the molecule is Nc1cccc(N(c2ccc(-c3ccccc3)cc2)c2ccc(-c3ccccc3)cc2)c1. The van der Waals surface area contributed by atoms with Crippen LogP contribution >= 0.6 is 0 Å². The molecule has 5 aromatic rings. The molecule has 0 aromatic heterocycles. The van der Waals surface area contributed by atoms with E-state index in [-0.39, 0.29) is 0 Å². The van der Waals surface area contributed by atoms with Crippen LogP contribution in [0, 0.1) is 0 Å². The fourth-order valence-corrected chi connectivity index (χ4v) is 3.98. The highest BCUT2D eigenvalue weighted by atomic mass is 15.1. The van der Waals surface area contributed by atoms with E-state index in [1.54, 1.807) is 0 Å². The van der Waals surface area contributed by atoms with Crippen LogP contribution in [0.4, 0.5) is 22.7 Å². The van der Waals surface area contributed by atoms with Gasteiger partial charge in [0.05, 0.1) is 0 Å². The normalized spacial score (nSPS) is 10.6. The summed E-state index contributed by atoms with van der Waals surface area (Å²) in [7, 11) is 0. The first-order valence-electron chi connectivity index (χ1n) is 10.7. The second-order valence-electron chi connectivity index (χ2n) is 7.76. The van der Waals surface area contributed by atoms with Crippen molar-refractivity contribution >= 4 is 22.7 Å². The Bertz CT molecular complexity index is 1210. The average Bonchev–Trinajstić information content (AvgIpc) is 2.86. The summed E-state index contributed by atoms with van der Waals surface area (Å²) in [5.74, 6) is 0. The third kappa shape index (κ3) is 4.12. The zero-order valence-electron chi connectivity index (χ0n) is 17.7. The van der Waals surface area contributed by atoms with Gasteiger partial charge in [0.25, 0.3) is 0 Å². The number of anilines is 4. The van der Waals surface area contributed by atoms with Crippen LogP contribution in [0.2, 0.25) is 0 Å². The minimum atomic E-state index is 0.745. The molecule has 2 nitrogen and oxygen atoms in total. The predicted molar refractivity (Wildman–Crippen MR) is 136 cm³/mol. The van der Waals surface area contributed by atoms with Crippen LogP contribution in [0.1, 0.15) is 0 Å². The fraction of sp³-hybridized carbons (Fsp3) is 0. The minimum absolute atomic E-state index is 0.745. The molecule has 0 bridgehead atoms. The Morgan fingerprint density at radius 3 is 1.25 bits per heavy atom. The number of hydrogen-bond acceptors (Lipinski definition) is 2. The highest BCUT2D eigenvalue weighted by molar-refractivity contribution is 5.80. The molecule has 0 saturated heterocycles. The third-order valence-electron chi connectivity index (χ3n) is 5.59. The van der Waals surface area contributed by atoms with E-state index in [0.717, 1.165) is 22.7 Å². The molecule has 0 heterocycles. The molecular weight excluding hydrogens is 388 g/mol. The van der Waals surface area contributed by atoms with E-state index in [1.807, 2.05) is 30.3 Å². The predicted octanol–water partition coefficient (Wildman–Crippen LogP) is 8.07. The van der Waals surface area contributed by atoms with Crippen molar-refractivity contribution in [3.8, 4) is 22.3 Å². The van der Waals surface area contributed by atoms with E-state index in [1.165, 1.54) is 22.3 Å². The van der Waals surface area contributed by atoms with E-state index < -0.39 is 0 Å². The van der Waals surface area contributed by atoms with Crippen LogP contribution in [0.15, 0.2) is 133 Å². The lowest BCUT2D eigenvalue weighted by Gasteiger charge is -2.26. The lowest BCUT2D eigenvalue weighted by Crippen LogP contribution is -2.10. The van der Waals surface area contributed by atoms with Crippen LogP contribution in [0.5, 0.6) is 0 Å². The van der Waals surface area contributed by atoms with Crippen molar-refractivity contribution in [1.29, 1.82) is 0 Å². The van der Waals surface area contributed by atoms with Crippen molar-refractivity contribution in [2.24, 2.45) is 0 Å². The molecular formula is C30H24N2.